The monoisotopic (exact) mass is 238 g/mol. The van der Waals surface area contributed by atoms with Crippen LogP contribution in [0.2, 0.25) is 0 Å². The van der Waals surface area contributed by atoms with Crippen LogP contribution < -0.4 is 4.74 Å². The van der Waals surface area contributed by atoms with E-state index in [1.807, 2.05) is 0 Å². The van der Waals surface area contributed by atoms with Crippen LogP contribution in [-0.2, 0) is 0 Å². The summed E-state index contributed by atoms with van der Waals surface area (Å²) in [6.07, 6.45) is -1.11. The van der Waals surface area contributed by atoms with Crippen molar-refractivity contribution in [3.8, 4) is 11.8 Å². The van der Waals surface area contributed by atoms with Gasteiger partial charge >= 0.3 is 5.69 Å². The topological polar surface area (TPSA) is 117 Å². The molecule has 0 aliphatic heterocycles. The summed E-state index contributed by atoms with van der Waals surface area (Å²) < 4.78 is 4.99. The molecule has 0 radical (unpaired) electrons. The molecule has 1 aromatic rings. The molecule has 0 saturated carbocycles. The molecule has 0 aromatic heterocycles. The molecule has 0 spiro atoms. The van der Waals surface area contributed by atoms with E-state index >= 15 is 0 Å². The van der Waals surface area contributed by atoms with Crippen LogP contribution in [0.4, 0.5) is 5.69 Å². The minimum atomic E-state index is -1.11. The third kappa shape index (κ3) is 3.41. The predicted octanol–water partition coefficient (Wildman–Crippen LogP) is 0.198. The molecule has 0 aliphatic carbocycles. The third-order valence-electron chi connectivity index (χ3n) is 1.93. The van der Waals surface area contributed by atoms with Gasteiger partial charge in [0.2, 0.25) is 0 Å². The first-order valence-corrected chi connectivity index (χ1v) is 4.68. The molecule has 1 rings (SSSR count). The number of nitro benzene ring substituents is 1. The molecule has 90 valence electrons. The van der Waals surface area contributed by atoms with E-state index in [1.165, 1.54) is 12.1 Å². The Hall–Kier alpha value is -2.17. The van der Waals surface area contributed by atoms with Gasteiger partial charge in [0.05, 0.1) is 23.2 Å². The lowest BCUT2D eigenvalue weighted by atomic mass is 10.2. The van der Waals surface area contributed by atoms with Gasteiger partial charge in [-0.15, -0.1) is 0 Å². The Balaban J connectivity index is 2.92. The lowest BCUT2D eigenvalue weighted by molar-refractivity contribution is -0.386. The molecule has 0 heterocycles. The predicted molar refractivity (Wildman–Crippen MR) is 56.4 cm³/mol. The van der Waals surface area contributed by atoms with Crippen molar-refractivity contribution in [3.63, 3.8) is 0 Å². The van der Waals surface area contributed by atoms with Crippen molar-refractivity contribution in [2.24, 2.45) is 0 Å². The highest BCUT2D eigenvalue weighted by molar-refractivity contribution is 5.51. The average Bonchev–Trinajstić information content (AvgIpc) is 2.35. The van der Waals surface area contributed by atoms with Crippen molar-refractivity contribution in [1.29, 1.82) is 5.26 Å². The number of rotatable bonds is 5. The van der Waals surface area contributed by atoms with Crippen LogP contribution in [0, 0.1) is 21.4 Å². The quantitative estimate of drug-likeness (QED) is 0.559. The molecule has 17 heavy (non-hydrogen) atoms. The number of nitriles is 1. The van der Waals surface area contributed by atoms with E-state index < -0.39 is 17.6 Å². The van der Waals surface area contributed by atoms with Gasteiger partial charge in [-0.05, 0) is 12.1 Å². The van der Waals surface area contributed by atoms with E-state index in [4.69, 9.17) is 20.2 Å². The van der Waals surface area contributed by atoms with Gasteiger partial charge in [0.25, 0.3) is 0 Å². The number of ether oxygens (including phenoxy) is 1. The van der Waals surface area contributed by atoms with E-state index in [1.54, 1.807) is 6.07 Å². The Morgan fingerprint density at radius 3 is 2.82 bits per heavy atom. The van der Waals surface area contributed by atoms with Gasteiger partial charge in [0.15, 0.2) is 5.75 Å². The van der Waals surface area contributed by atoms with Crippen LogP contribution >= 0.6 is 0 Å². The Kier molecular flexibility index (Phi) is 4.39. The number of aliphatic hydroxyl groups excluding tert-OH is 2. The van der Waals surface area contributed by atoms with E-state index in [2.05, 4.69) is 0 Å². The average molecular weight is 238 g/mol. The second-order valence-corrected chi connectivity index (χ2v) is 3.20. The molecule has 0 bridgehead atoms. The fourth-order valence-electron chi connectivity index (χ4n) is 1.09. The lowest BCUT2D eigenvalue weighted by Crippen LogP contribution is -2.21. The molecule has 2 N–H and O–H groups in total. The summed E-state index contributed by atoms with van der Waals surface area (Å²) in [6, 6.07) is 5.51. The molecular weight excluding hydrogens is 228 g/mol. The molecule has 1 unspecified atom stereocenters. The smallest absolute Gasteiger partial charge is 0.312 e. The highest BCUT2D eigenvalue weighted by Crippen LogP contribution is 2.27. The zero-order chi connectivity index (χ0) is 12.8. The number of hydrogen-bond acceptors (Lipinski definition) is 6. The SMILES string of the molecule is N#Cc1ccc(OCC(O)CO)c([N+](=O)[O-])c1. The summed E-state index contributed by atoms with van der Waals surface area (Å²) in [6.45, 7) is -0.757. The van der Waals surface area contributed by atoms with Gasteiger partial charge in [0.1, 0.15) is 12.7 Å². The van der Waals surface area contributed by atoms with E-state index in [9.17, 15) is 10.1 Å². The lowest BCUT2D eigenvalue weighted by Gasteiger charge is -2.09. The number of hydrogen-bond donors (Lipinski definition) is 2. The van der Waals surface area contributed by atoms with Gasteiger partial charge < -0.3 is 14.9 Å². The van der Waals surface area contributed by atoms with Gasteiger partial charge in [-0.3, -0.25) is 10.1 Å². The molecule has 0 amide bonds. The first-order chi connectivity index (χ1) is 8.08. The summed E-state index contributed by atoms with van der Waals surface area (Å²) in [5.74, 6) is -0.0542. The van der Waals surface area contributed by atoms with Crippen LogP contribution in [0.3, 0.4) is 0 Å². The minimum absolute atomic E-state index is 0.0542. The maximum atomic E-state index is 10.7. The fraction of sp³-hybridized carbons (Fsp3) is 0.300. The van der Waals surface area contributed by atoms with Crippen molar-refractivity contribution in [2.75, 3.05) is 13.2 Å². The van der Waals surface area contributed by atoms with E-state index in [0.29, 0.717) is 0 Å². The Morgan fingerprint density at radius 2 is 2.29 bits per heavy atom. The second kappa shape index (κ2) is 5.79. The summed E-state index contributed by atoms with van der Waals surface area (Å²) in [5.41, 5.74) is -0.207. The minimum Gasteiger partial charge on any atom is -0.484 e. The van der Waals surface area contributed by atoms with Gasteiger partial charge in [-0.25, -0.2) is 0 Å². The molecule has 7 heteroatoms. The fourth-order valence-corrected chi connectivity index (χ4v) is 1.09. The largest absolute Gasteiger partial charge is 0.484 e. The zero-order valence-corrected chi connectivity index (χ0v) is 8.74. The van der Waals surface area contributed by atoms with Crippen LogP contribution in [-0.4, -0.2) is 34.5 Å². The first-order valence-electron chi connectivity index (χ1n) is 4.68. The summed E-state index contributed by atoms with van der Waals surface area (Å²) >= 11 is 0. The second-order valence-electron chi connectivity index (χ2n) is 3.20. The van der Waals surface area contributed by atoms with Gasteiger partial charge in [0, 0.05) is 6.07 Å². The zero-order valence-electron chi connectivity index (χ0n) is 8.74. The van der Waals surface area contributed by atoms with Crippen molar-refractivity contribution in [3.05, 3.63) is 33.9 Å². The van der Waals surface area contributed by atoms with Crippen molar-refractivity contribution >= 4 is 5.69 Å². The maximum Gasteiger partial charge on any atom is 0.312 e. The van der Waals surface area contributed by atoms with Crippen LogP contribution in [0.15, 0.2) is 18.2 Å². The Bertz CT molecular complexity index is 454. The van der Waals surface area contributed by atoms with E-state index in [0.717, 1.165) is 6.07 Å². The standard InChI is InChI=1S/C10H10N2O5/c11-4-7-1-2-10(9(3-7)12(15)16)17-6-8(14)5-13/h1-3,8,13-14H,5-6H2. The molecule has 0 aliphatic rings. The van der Waals surface area contributed by atoms with Crippen LogP contribution in [0.5, 0.6) is 5.75 Å². The molecule has 0 fully saturated rings. The Labute approximate surface area is 96.6 Å². The summed E-state index contributed by atoms with van der Waals surface area (Å²) in [7, 11) is 0. The maximum absolute atomic E-state index is 10.7. The Morgan fingerprint density at radius 1 is 1.59 bits per heavy atom. The van der Waals surface area contributed by atoms with E-state index in [-0.39, 0.29) is 23.6 Å². The normalized spacial score (nSPS) is 11.6. The first kappa shape index (κ1) is 12.9. The van der Waals surface area contributed by atoms with Crippen molar-refractivity contribution < 1.29 is 19.9 Å². The summed E-state index contributed by atoms with van der Waals surface area (Å²) in [4.78, 5) is 10.0. The highest BCUT2D eigenvalue weighted by atomic mass is 16.6. The molecule has 1 atom stereocenters. The third-order valence-corrected chi connectivity index (χ3v) is 1.93. The number of benzene rings is 1. The van der Waals surface area contributed by atoms with Crippen molar-refractivity contribution in [1.82, 2.24) is 0 Å². The van der Waals surface area contributed by atoms with Crippen LogP contribution in [0.25, 0.3) is 0 Å². The van der Waals surface area contributed by atoms with Gasteiger partial charge in [-0.2, -0.15) is 5.26 Å². The highest BCUT2D eigenvalue weighted by Gasteiger charge is 2.17. The van der Waals surface area contributed by atoms with Crippen molar-refractivity contribution in [2.45, 2.75) is 6.10 Å². The molecule has 7 nitrogen and oxygen atoms in total. The molecule has 0 saturated heterocycles. The molecule has 1 aromatic carbocycles. The van der Waals surface area contributed by atoms with Gasteiger partial charge in [-0.1, -0.05) is 0 Å². The number of nitrogens with zero attached hydrogens (tertiary/aromatic N) is 2. The number of nitro groups is 1. The number of aliphatic hydroxyl groups is 2. The molecular formula is C10H10N2O5. The summed E-state index contributed by atoms with van der Waals surface area (Å²) in [5, 5.41) is 36.9. The van der Waals surface area contributed by atoms with Crippen LogP contribution in [0.1, 0.15) is 5.56 Å².